The zero-order valence-corrected chi connectivity index (χ0v) is 16.2. The number of aryl methyl sites for hydroxylation is 2. The van der Waals surface area contributed by atoms with Crippen molar-refractivity contribution in [3.8, 4) is 11.5 Å². The molecule has 1 aliphatic heterocycles. The lowest BCUT2D eigenvalue weighted by Crippen LogP contribution is -2.30. The first-order chi connectivity index (χ1) is 13.4. The lowest BCUT2D eigenvalue weighted by molar-refractivity contribution is -0.147. The smallest absolute Gasteiger partial charge is 0.331 e. The number of nitrogens with zero attached hydrogens (tertiary/aromatic N) is 1. The molecule has 2 aromatic rings. The molecule has 1 amide bonds. The minimum atomic E-state index is -0.578. The maximum Gasteiger partial charge on any atom is 0.331 e. The SMILES string of the molecule is Cc1ccc(CN(C)C(=O)COC(=O)/C=C/c2ccc3c(c2)OCO3)c(C)c1. The molecule has 0 unspecified atom stereocenters. The number of rotatable bonds is 6. The maximum atomic E-state index is 12.2. The average molecular weight is 381 g/mol. The molecule has 0 radical (unpaired) electrons. The Morgan fingerprint density at radius 1 is 1.11 bits per heavy atom. The van der Waals surface area contributed by atoms with Crippen LogP contribution in [0.5, 0.6) is 11.5 Å². The number of esters is 1. The number of likely N-dealkylation sites (N-methyl/N-ethyl adjacent to an activating group) is 1. The maximum absolute atomic E-state index is 12.2. The van der Waals surface area contributed by atoms with Crippen molar-refractivity contribution < 1.29 is 23.8 Å². The lowest BCUT2D eigenvalue weighted by atomic mass is 10.1. The zero-order chi connectivity index (χ0) is 20.1. The van der Waals surface area contributed by atoms with Gasteiger partial charge in [0.15, 0.2) is 18.1 Å². The predicted molar refractivity (Wildman–Crippen MR) is 105 cm³/mol. The fourth-order valence-electron chi connectivity index (χ4n) is 2.84. The van der Waals surface area contributed by atoms with Gasteiger partial charge in [-0.25, -0.2) is 4.79 Å². The summed E-state index contributed by atoms with van der Waals surface area (Å²) in [6.07, 6.45) is 2.89. The average Bonchev–Trinajstić information content (AvgIpc) is 3.14. The standard InChI is InChI=1S/C22H23NO5/c1-15-4-7-18(16(2)10-15)12-23(3)21(24)13-26-22(25)9-6-17-5-8-19-20(11-17)28-14-27-19/h4-11H,12-14H2,1-3H3/b9-6+. The number of benzene rings is 2. The van der Waals surface area contributed by atoms with Crippen LogP contribution in [0.15, 0.2) is 42.5 Å². The van der Waals surface area contributed by atoms with E-state index in [0.29, 0.717) is 18.0 Å². The van der Waals surface area contributed by atoms with Gasteiger partial charge in [-0.2, -0.15) is 0 Å². The van der Waals surface area contributed by atoms with Crippen molar-refractivity contribution in [3.63, 3.8) is 0 Å². The van der Waals surface area contributed by atoms with Gasteiger partial charge in [0.1, 0.15) is 0 Å². The summed E-state index contributed by atoms with van der Waals surface area (Å²) < 4.78 is 15.6. The summed E-state index contributed by atoms with van der Waals surface area (Å²) in [4.78, 5) is 25.7. The molecule has 0 saturated heterocycles. The quantitative estimate of drug-likeness (QED) is 0.568. The van der Waals surface area contributed by atoms with Gasteiger partial charge < -0.3 is 19.1 Å². The third-order valence-electron chi connectivity index (χ3n) is 4.48. The highest BCUT2D eigenvalue weighted by Gasteiger charge is 2.14. The van der Waals surface area contributed by atoms with E-state index in [1.807, 2.05) is 26.0 Å². The van der Waals surface area contributed by atoms with Gasteiger partial charge in [0, 0.05) is 19.7 Å². The van der Waals surface area contributed by atoms with Crippen LogP contribution in [0.25, 0.3) is 6.08 Å². The van der Waals surface area contributed by atoms with E-state index < -0.39 is 5.97 Å². The number of amides is 1. The van der Waals surface area contributed by atoms with E-state index in [1.54, 1.807) is 36.2 Å². The molecule has 2 aromatic carbocycles. The first kappa shape index (κ1) is 19.5. The number of carbonyl (C=O) groups excluding carboxylic acids is 2. The summed E-state index contributed by atoms with van der Waals surface area (Å²) in [7, 11) is 1.69. The second-order valence-corrected chi connectivity index (χ2v) is 6.73. The van der Waals surface area contributed by atoms with Gasteiger partial charge in [0.2, 0.25) is 6.79 Å². The molecular weight excluding hydrogens is 358 g/mol. The molecule has 0 atom stereocenters. The molecule has 1 aliphatic rings. The van der Waals surface area contributed by atoms with Crippen molar-refractivity contribution >= 4 is 18.0 Å². The van der Waals surface area contributed by atoms with Gasteiger partial charge in [-0.3, -0.25) is 4.79 Å². The van der Waals surface area contributed by atoms with E-state index in [9.17, 15) is 9.59 Å². The predicted octanol–water partition coefficient (Wildman–Crippen LogP) is 3.25. The fourth-order valence-corrected chi connectivity index (χ4v) is 2.84. The van der Waals surface area contributed by atoms with Crippen molar-refractivity contribution in [1.29, 1.82) is 0 Å². The van der Waals surface area contributed by atoms with Crippen LogP contribution in [0.1, 0.15) is 22.3 Å². The topological polar surface area (TPSA) is 65.1 Å². The van der Waals surface area contributed by atoms with Gasteiger partial charge >= 0.3 is 5.97 Å². The van der Waals surface area contributed by atoms with Crippen LogP contribution >= 0.6 is 0 Å². The molecular formula is C22H23NO5. The van der Waals surface area contributed by atoms with Gasteiger partial charge in [0.25, 0.3) is 5.91 Å². The summed E-state index contributed by atoms with van der Waals surface area (Å²) in [5, 5.41) is 0. The summed E-state index contributed by atoms with van der Waals surface area (Å²) in [6.45, 7) is 4.41. The van der Waals surface area contributed by atoms with Crippen LogP contribution in [0.4, 0.5) is 0 Å². The first-order valence-corrected chi connectivity index (χ1v) is 8.97. The van der Waals surface area contributed by atoms with Gasteiger partial charge in [-0.1, -0.05) is 29.8 Å². The molecule has 0 fully saturated rings. The molecule has 28 heavy (non-hydrogen) atoms. The Bertz CT molecular complexity index is 919. The number of ether oxygens (including phenoxy) is 3. The van der Waals surface area contributed by atoms with Crippen molar-refractivity contribution in [2.24, 2.45) is 0 Å². The minimum Gasteiger partial charge on any atom is -0.454 e. The van der Waals surface area contributed by atoms with Crippen molar-refractivity contribution in [3.05, 3.63) is 64.7 Å². The molecule has 0 N–H and O–H groups in total. The summed E-state index contributed by atoms with van der Waals surface area (Å²) in [6, 6.07) is 11.5. The van der Waals surface area contributed by atoms with Crippen molar-refractivity contribution in [2.75, 3.05) is 20.4 Å². The first-order valence-electron chi connectivity index (χ1n) is 8.97. The molecule has 146 valence electrons. The molecule has 0 saturated carbocycles. The summed E-state index contributed by atoms with van der Waals surface area (Å²) in [5.74, 6) is 0.478. The van der Waals surface area contributed by atoms with Crippen LogP contribution in [0.2, 0.25) is 0 Å². The second kappa shape index (κ2) is 8.61. The number of hydrogen-bond donors (Lipinski definition) is 0. The number of fused-ring (bicyclic) bond motifs is 1. The van der Waals surface area contributed by atoms with Crippen LogP contribution in [0, 0.1) is 13.8 Å². The van der Waals surface area contributed by atoms with E-state index >= 15 is 0 Å². The summed E-state index contributed by atoms with van der Waals surface area (Å²) >= 11 is 0. The Morgan fingerprint density at radius 2 is 1.89 bits per heavy atom. The zero-order valence-electron chi connectivity index (χ0n) is 16.2. The third kappa shape index (κ3) is 4.91. The Hall–Kier alpha value is -3.28. The van der Waals surface area contributed by atoms with Crippen molar-refractivity contribution in [1.82, 2.24) is 4.90 Å². The molecule has 6 heteroatoms. The number of carbonyl (C=O) groups is 2. The van der Waals surface area contributed by atoms with Crippen LogP contribution in [-0.2, 0) is 20.9 Å². The van der Waals surface area contributed by atoms with Crippen LogP contribution in [0.3, 0.4) is 0 Å². The second-order valence-electron chi connectivity index (χ2n) is 6.73. The Kier molecular flexibility index (Phi) is 5.99. The molecule has 0 spiro atoms. The fraction of sp³-hybridized carbons (Fsp3) is 0.273. The van der Waals surface area contributed by atoms with Crippen LogP contribution < -0.4 is 9.47 Å². The van der Waals surface area contributed by atoms with E-state index in [-0.39, 0.29) is 19.3 Å². The Balaban J connectivity index is 1.48. The highest BCUT2D eigenvalue weighted by molar-refractivity contribution is 5.89. The molecule has 0 aromatic heterocycles. The van der Waals surface area contributed by atoms with Gasteiger partial charge in [-0.05, 0) is 48.7 Å². The normalized spacial score (nSPS) is 12.2. The molecule has 3 rings (SSSR count). The monoisotopic (exact) mass is 381 g/mol. The highest BCUT2D eigenvalue weighted by atomic mass is 16.7. The van der Waals surface area contributed by atoms with Gasteiger partial charge in [0.05, 0.1) is 0 Å². The van der Waals surface area contributed by atoms with E-state index in [2.05, 4.69) is 6.07 Å². The van der Waals surface area contributed by atoms with E-state index in [4.69, 9.17) is 14.2 Å². The van der Waals surface area contributed by atoms with E-state index in [0.717, 1.165) is 16.7 Å². The Morgan fingerprint density at radius 3 is 2.68 bits per heavy atom. The van der Waals surface area contributed by atoms with Gasteiger partial charge in [-0.15, -0.1) is 0 Å². The van der Waals surface area contributed by atoms with Crippen LogP contribution in [-0.4, -0.2) is 37.2 Å². The molecule has 6 nitrogen and oxygen atoms in total. The van der Waals surface area contributed by atoms with E-state index in [1.165, 1.54) is 11.6 Å². The minimum absolute atomic E-state index is 0.197. The lowest BCUT2D eigenvalue weighted by Gasteiger charge is -2.18. The third-order valence-corrected chi connectivity index (χ3v) is 4.48. The molecule has 0 aliphatic carbocycles. The molecule has 1 heterocycles. The number of hydrogen-bond acceptors (Lipinski definition) is 5. The highest BCUT2D eigenvalue weighted by Crippen LogP contribution is 2.32. The largest absolute Gasteiger partial charge is 0.454 e. The summed E-state index contributed by atoms with van der Waals surface area (Å²) in [5.41, 5.74) is 4.15. The Labute approximate surface area is 164 Å². The molecule has 0 bridgehead atoms. The van der Waals surface area contributed by atoms with Crippen molar-refractivity contribution in [2.45, 2.75) is 20.4 Å².